The number of hydrogen-bond acceptors (Lipinski definition) is 5. The van der Waals surface area contributed by atoms with Gasteiger partial charge in [0.1, 0.15) is 11.5 Å². The van der Waals surface area contributed by atoms with Crippen LogP contribution in [-0.4, -0.2) is 30.5 Å². The molecule has 4 aromatic rings. The Morgan fingerprint density at radius 3 is 2.59 bits per heavy atom. The molecule has 0 spiro atoms. The Morgan fingerprint density at radius 1 is 1.07 bits per heavy atom. The summed E-state index contributed by atoms with van der Waals surface area (Å²) in [6, 6.07) is 8.05. The van der Waals surface area contributed by atoms with Gasteiger partial charge in [-0.15, -0.1) is 0 Å². The van der Waals surface area contributed by atoms with Crippen LogP contribution < -0.4 is 5.32 Å². The van der Waals surface area contributed by atoms with E-state index in [0.717, 1.165) is 6.07 Å². The van der Waals surface area contributed by atoms with E-state index in [-0.39, 0.29) is 28.4 Å². The van der Waals surface area contributed by atoms with Crippen molar-refractivity contribution in [2.45, 2.75) is 13.1 Å². The van der Waals surface area contributed by atoms with E-state index in [1.165, 1.54) is 53.4 Å². The van der Waals surface area contributed by atoms with Gasteiger partial charge in [-0.05, 0) is 19.1 Å². The highest BCUT2D eigenvalue weighted by atomic mass is 19.4. The predicted octanol–water partition coefficient (Wildman–Crippen LogP) is 3.77. The van der Waals surface area contributed by atoms with E-state index in [2.05, 4.69) is 25.4 Å². The number of halogens is 3. The molecule has 29 heavy (non-hydrogen) atoms. The normalized spacial score (nSPS) is 11.6. The fraction of sp³-hybridized carbons (Fsp3) is 0.105. The van der Waals surface area contributed by atoms with Crippen molar-refractivity contribution in [3.8, 4) is 11.3 Å². The van der Waals surface area contributed by atoms with Crippen LogP contribution in [0.4, 0.5) is 19.0 Å². The van der Waals surface area contributed by atoms with E-state index in [9.17, 15) is 18.0 Å². The summed E-state index contributed by atoms with van der Waals surface area (Å²) in [4.78, 5) is 24.5. The lowest BCUT2D eigenvalue weighted by Gasteiger charge is -2.10. The number of alkyl halides is 3. The molecule has 0 atom stereocenters. The maximum absolute atomic E-state index is 13.3. The smallest absolute Gasteiger partial charge is 0.305 e. The quantitative estimate of drug-likeness (QED) is 0.568. The minimum atomic E-state index is -4.53. The van der Waals surface area contributed by atoms with Crippen LogP contribution in [0, 0.1) is 6.92 Å². The van der Waals surface area contributed by atoms with Gasteiger partial charge in [0.05, 0.1) is 23.1 Å². The number of hydrogen-bond donors (Lipinski definition) is 1. The molecule has 10 heteroatoms. The van der Waals surface area contributed by atoms with Crippen molar-refractivity contribution in [3.63, 3.8) is 0 Å². The molecule has 0 aliphatic rings. The summed E-state index contributed by atoms with van der Waals surface area (Å²) < 4.78 is 41.3. The lowest BCUT2D eigenvalue weighted by molar-refractivity contribution is -0.137. The highest BCUT2D eigenvalue weighted by Crippen LogP contribution is 2.36. The molecule has 0 saturated heterocycles. The molecule has 0 aliphatic carbocycles. The van der Waals surface area contributed by atoms with Gasteiger partial charge in [-0.2, -0.15) is 22.8 Å². The van der Waals surface area contributed by atoms with Crippen molar-refractivity contribution in [1.29, 1.82) is 0 Å². The number of aryl methyl sites for hydroxylation is 1. The van der Waals surface area contributed by atoms with Gasteiger partial charge in [0.25, 0.3) is 5.91 Å². The molecule has 3 aromatic heterocycles. The monoisotopic (exact) mass is 398 g/mol. The first-order valence-corrected chi connectivity index (χ1v) is 8.44. The van der Waals surface area contributed by atoms with Crippen molar-refractivity contribution in [1.82, 2.24) is 24.6 Å². The van der Waals surface area contributed by atoms with Gasteiger partial charge in [0, 0.05) is 24.0 Å². The third-order valence-corrected chi connectivity index (χ3v) is 4.12. The zero-order chi connectivity index (χ0) is 20.6. The van der Waals surface area contributed by atoms with Crippen LogP contribution in [0.2, 0.25) is 0 Å². The zero-order valence-corrected chi connectivity index (χ0v) is 15.0. The third-order valence-electron chi connectivity index (χ3n) is 4.12. The molecule has 1 aromatic carbocycles. The average Bonchev–Trinajstić information content (AvgIpc) is 3.13. The Bertz CT molecular complexity index is 1200. The molecule has 3 heterocycles. The van der Waals surface area contributed by atoms with Crippen LogP contribution in [0.3, 0.4) is 0 Å². The first kappa shape index (κ1) is 18.5. The molecule has 0 aliphatic heterocycles. The van der Waals surface area contributed by atoms with Gasteiger partial charge in [-0.1, -0.05) is 18.2 Å². The van der Waals surface area contributed by atoms with E-state index in [4.69, 9.17) is 0 Å². The molecule has 0 unspecified atom stereocenters. The molecule has 7 nitrogen and oxygen atoms in total. The summed E-state index contributed by atoms with van der Waals surface area (Å²) in [5.74, 6) is -0.296. The first-order chi connectivity index (χ1) is 13.8. The Labute approximate surface area is 162 Å². The highest BCUT2D eigenvalue weighted by molar-refractivity contribution is 6.02. The largest absolute Gasteiger partial charge is 0.417 e. The van der Waals surface area contributed by atoms with Gasteiger partial charge in [0.15, 0.2) is 5.65 Å². The Balaban J connectivity index is 1.74. The average molecular weight is 398 g/mol. The van der Waals surface area contributed by atoms with E-state index >= 15 is 0 Å². The van der Waals surface area contributed by atoms with Gasteiger partial charge in [0.2, 0.25) is 0 Å². The number of nitrogens with one attached hydrogen (secondary N) is 1. The number of nitrogens with zero attached hydrogens (tertiary/aromatic N) is 5. The summed E-state index contributed by atoms with van der Waals surface area (Å²) in [5, 5.41) is 6.85. The number of fused-ring (bicyclic) bond motifs is 1. The van der Waals surface area contributed by atoms with Crippen molar-refractivity contribution < 1.29 is 18.0 Å². The fourth-order valence-corrected chi connectivity index (χ4v) is 2.77. The molecule has 0 fully saturated rings. The number of amides is 1. The van der Waals surface area contributed by atoms with Crippen LogP contribution in [0.1, 0.15) is 21.7 Å². The maximum atomic E-state index is 13.3. The van der Waals surface area contributed by atoms with Crippen LogP contribution in [0.15, 0.2) is 55.0 Å². The number of anilines is 1. The fourth-order valence-electron chi connectivity index (χ4n) is 2.77. The van der Waals surface area contributed by atoms with Crippen LogP contribution in [0.5, 0.6) is 0 Å². The number of benzene rings is 1. The minimum absolute atomic E-state index is 0.0767. The molecule has 0 radical (unpaired) electrons. The van der Waals surface area contributed by atoms with Crippen LogP contribution in [0.25, 0.3) is 16.9 Å². The van der Waals surface area contributed by atoms with Gasteiger partial charge < -0.3 is 5.32 Å². The standard InChI is InChI=1S/C19H13F3N6O/c1-11-9-25-15(10-24-11)18(29)26-16-6-7-23-17-8-14(27-28(16)17)12-4-2-3-5-13(12)19(20,21)22/h2-10H,1H3,(H,26,29). The third kappa shape index (κ3) is 3.64. The summed E-state index contributed by atoms with van der Waals surface area (Å²) in [6.45, 7) is 1.74. The Morgan fingerprint density at radius 2 is 1.86 bits per heavy atom. The van der Waals surface area contributed by atoms with E-state index in [0.29, 0.717) is 5.69 Å². The molecule has 146 valence electrons. The molecule has 4 rings (SSSR count). The Hall–Kier alpha value is -3.82. The predicted molar refractivity (Wildman–Crippen MR) is 98.1 cm³/mol. The van der Waals surface area contributed by atoms with Crippen LogP contribution >= 0.6 is 0 Å². The number of carbonyl (C=O) groups excluding carboxylic acids is 1. The van der Waals surface area contributed by atoms with Gasteiger partial charge in [-0.3, -0.25) is 9.78 Å². The molecule has 0 saturated carbocycles. The van der Waals surface area contributed by atoms with Gasteiger partial charge in [-0.25, -0.2) is 9.97 Å². The van der Waals surface area contributed by atoms with E-state index in [1.54, 1.807) is 6.92 Å². The SMILES string of the molecule is Cc1cnc(C(=O)Nc2ccnc3cc(-c4ccccc4C(F)(F)F)nn23)cn1. The van der Waals surface area contributed by atoms with E-state index < -0.39 is 17.6 Å². The molecule has 1 amide bonds. The number of carbonyl (C=O) groups is 1. The second-order valence-corrected chi connectivity index (χ2v) is 6.17. The first-order valence-electron chi connectivity index (χ1n) is 8.44. The highest BCUT2D eigenvalue weighted by Gasteiger charge is 2.34. The topological polar surface area (TPSA) is 85.1 Å². The lowest BCUT2D eigenvalue weighted by Crippen LogP contribution is -2.16. The molecule has 1 N–H and O–H groups in total. The van der Waals surface area contributed by atoms with Crippen LogP contribution in [-0.2, 0) is 6.18 Å². The van der Waals surface area contributed by atoms with Gasteiger partial charge >= 0.3 is 6.18 Å². The number of rotatable bonds is 3. The minimum Gasteiger partial charge on any atom is -0.305 e. The van der Waals surface area contributed by atoms with Crippen molar-refractivity contribution in [2.24, 2.45) is 0 Å². The van der Waals surface area contributed by atoms with Crippen molar-refractivity contribution in [3.05, 3.63) is 71.9 Å². The zero-order valence-electron chi connectivity index (χ0n) is 15.0. The molecular weight excluding hydrogens is 385 g/mol. The summed E-state index contributed by atoms with van der Waals surface area (Å²) in [6.07, 6.45) is -0.317. The summed E-state index contributed by atoms with van der Waals surface area (Å²) in [5.41, 5.74) is 0.242. The van der Waals surface area contributed by atoms with Crippen molar-refractivity contribution >= 4 is 17.4 Å². The maximum Gasteiger partial charge on any atom is 0.417 e. The molecular formula is C19H13F3N6O. The number of aromatic nitrogens is 5. The lowest BCUT2D eigenvalue weighted by atomic mass is 10.0. The summed E-state index contributed by atoms with van der Waals surface area (Å²) in [7, 11) is 0. The second-order valence-electron chi connectivity index (χ2n) is 6.17. The Kier molecular flexibility index (Phi) is 4.45. The second kappa shape index (κ2) is 6.97. The molecule has 0 bridgehead atoms. The van der Waals surface area contributed by atoms with E-state index in [1.807, 2.05) is 0 Å². The summed E-state index contributed by atoms with van der Waals surface area (Å²) >= 11 is 0. The van der Waals surface area contributed by atoms with Crippen molar-refractivity contribution in [2.75, 3.05) is 5.32 Å².